The first-order valence-electron chi connectivity index (χ1n) is 7.77. The summed E-state index contributed by atoms with van der Waals surface area (Å²) in [5.74, 6) is -0.515. The SMILES string of the molecule is CC(C)(C)OC(=O)Nc1ccc(NC2COC(C)(C)OC2)cc1. The predicted molar refractivity (Wildman–Crippen MR) is 89.7 cm³/mol. The molecule has 128 valence electrons. The van der Waals surface area contributed by atoms with E-state index in [-0.39, 0.29) is 6.04 Å². The third kappa shape index (κ3) is 6.08. The molecule has 1 aliphatic heterocycles. The van der Waals surface area contributed by atoms with E-state index in [1.807, 2.05) is 58.9 Å². The molecule has 0 aliphatic carbocycles. The number of ether oxygens (including phenoxy) is 3. The Morgan fingerprint density at radius 1 is 1.13 bits per heavy atom. The first-order valence-corrected chi connectivity index (χ1v) is 7.77. The lowest BCUT2D eigenvalue weighted by molar-refractivity contribution is -0.247. The Kier molecular flexibility index (Phi) is 5.16. The Labute approximate surface area is 137 Å². The van der Waals surface area contributed by atoms with Crippen molar-refractivity contribution in [3.63, 3.8) is 0 Å². The van der Waals surface area contributed by atoms with Crippen molar-refractivity contribution < 1.29 is 19.0 Å². The molecule has 0 radical (unpaired) electrons. The van der Waals surface area contributed by atoms with Crippen LogP contribution in [0, 0.1) is 0 Å². The fraction of sp³-hybridized carbons (Fsp3) is 0.588. The number of hydrogen-bond acceptors (Lipinski definition) is 5. The fourth-order valence-electron chi connectivity index (χ4n) is 2.08. The number of hydrogen-bond donors (Lipinski definition) is 2. The maximum Gasteiger partial charge on any atom is 0.412 e. The molecule has 6 heteroatoms. The molecule has 1 amide bonds. The fourth-order valence-corrected chi connectivity index (χ4v) is 2.08. The summed E-state index contributed by atoms with van der Waals surface area (Å²) in [7, 11) is 0. The molecule has 6 nitrogen and oxygen atoms in total. The molecular weight excluding hydrogens is 296 g/mol. The van der Waals surface area contributed by atoms with Gasteiger partial charge in [-0.15, -0.1) is 0 Å². The highest BCUT2D eigenvalue weighted by atomic mass is 16.7. The van der Waals surface area contributed by atoms with Crippen molar-refractivity contribution in [3.05, 3.63) is 24.3 Å². The molecule has 1 saturated heterocycles. The van der Waals surface area contributed by atoms with Crippen LogP contribution in [-0.4, -0.2) is 36.7 Å². The van der Waals surface area contributed by atoms with Crippen LogP contribution in [0.5, 0.6) is 0 Å². The second kappa shape index (κ2) is 6.76. The highest BCUT2D eigenvalue weighted by molar-refractivity contribution is 5.85. The van der Waals surface area contributed by atoms with Crippen LogP contribution in [0.25, 0.3) is 0 Å². The molecular formula is C17H26N2O4. The number of benzene rings is 1. The Morgan fingerprint density at radius 3 is 2.17 bits per heavy atom. The second-order valence-corrected chi connectivity index (χ2v) is 7.07. The van der Waals surface area contributed by atoms with Crippen molar-refractivity contribution in [3.8, 4) is 0 Å². The van der Waals surface area contributed by atoms with Gasteiger partial charge in [-0.05, 0) is 58.9 Å². The predicted octanol–water partition coefficient (Wildman–Crippen LogP) is 3.60. The Morgan fingerprint density at radius 2 is 1.65 bits per heavy atom. The molecule has 2 rings (SSSR count). The Bertz CT molecular complexity index is 525. The van der Waals surface area contributed by atoms with Crippen molar-refractivity contribution in [2.45, 2.75) is 52.0 Å². The smallest absolute Gasteiger partial charge is 0.412 e. The summed E-state index contributed by atoms with van der Waals surface area (Å²) in [6, 6.07) is 7.54. The van der Waals surface area contributed by atoms with E-state index in [2.05, 4.69) is 10.6 Å². The second-order valence-electron chi connectivity index (χ2n) is 7.07. The van der Waals surface area contributed by atoms with Crippen molar-refractivity contribution in [1.82, 2.24) is 0 Å². The minimum Gasteiger partial charge on any atom is -0.444 e. The number of amides is 1. The largest absolute Gasteiger partial charge is 0.444 e. The van der Waals surface area contributed by atoms with Crippen molar-refractivity contribution in [1.29, 1.82) is 0 Å². The molecule has 1 aliphatic rings. The van der Waals surface area contributed by atoms with Gasteiger partial charge in [0, 0.05) is 11.4 Å². The van der Waals surface area contributed by atoms with E-state index >= 15 is 0 Å². The quantitative estimate of drug-likeness (QED) is 0.890. The average molecular weight is 322 g/mol. The first-order chi connectivity index (χ1) is 10.6. The first kappa shape index (κ1) is 17.6. The Balaban J connectivity index is 1.84. The third-order valence-electron chi connectivity index (χ3n) is 3.17. The van der Waals surface area contributed by atoms with Crippen molar-refractivity contribution >= 4 is 17.5 Å². The zero-order valence-corrected chi connectivity index (χ0v) is 14.4. The van der Waals surface area contributed by atoms with Crippen LogP contribution < -0.4 is 10.6 Å². The van der Waals surface area contributed by atoms with Crippen LogP contribution in [0.3, 0.4) is 0 Å². The standard InChI is InChI=1S/C17H26N2O4/c1-16(2,3)23-15(20)19-13-8-6-12(7-9-13)18-14-10-21-17(4,5)22-11-14/h6-9,14,18H,10-11H2,1-5H3,(H,19,20). The van der Waals surface area contributed by atoms with Gasteiger partial charge >= 0.3 is 6.09 Å². The summed E-state index contributed by atoms with van der Waals surface area (Å²) in [5.41, 5.74) is 1.11. The van der Waals surface area contributed by atoms with E-state index < -0.39 is 17.5 Å². The van der Waals surface area contributed by atoms with Gasteiger partial charge in [0.15, 0.2) is 5.79 Å². The highest BCUT2D eigenvalue weighted by Gasteiger charge is 2.28. The lowest BCUT2D eigenvalue weighted by atomic mass is 10.2. The van der Waals surface area contributed by atoms with Gasteiger partial charge in [-0.25, -0.2) is 4.79 Å². The van der Waals surface area contributed by atoms with Gasteiger partial charge in [-0.1, -0.05) is 0 Å². The molecule has 1 aromatic carbocycles. The summed E-state index contributed by atoms with van der Waals surface area (Å²) in [6.07, 6.45) is -0.463. The molecule has 23 heavy (non-hydrogen) atoms. The molecule has 0 spiro atoms. The summed E-state index contributed by atoms with van der Waals surface area (Å²) in [4.78, 5) is 11.7. The van der Waals surface area contributed by atoms with Gasteiger partial charge < -0.3 is 19.5 Å². The Hall–Kier alpha value is -1.79. The number of carbonyl (C=O) groups excluding carboxylic acids is 1. The maximum atomic E-state index is 11.7. The molecule has 0 atom stereocenters. The summed E-state index contributed by atoms with van der Waals surface area (Å²) >= 11 is 0. The van der Waals surface area contributed by atoms with Crippen molar-refractivity contribution in [2.75, 3.05) is 23.8 Å². The molecule has 0 bridgehead atoms. The van der Waals surface area contributed by atoms with Gasteiger partial charge in [0.05, 0.1) is 19.3 Å². The number of anilines is 2. The molecule has 1 heterocycles. The third-order valence-corrected chi connectivity index (χ3v) is 3.17. The minimum absolute atomic E-state index is 0.104. The number of carbonyl (C=O) groups is 1. The summed E-state index contributed by atoms with van der Waals surface area (Å²) in [5, 5.41) is 6.05. The van der Waals surface area contributed by atoms with E-state index in [9.17, 15) is 4.79 Å². The van der Waals surface area contributed by atoms with E-state index in [0.717, 1.165) is 5.69 Å². The van der Waals surface area contributed by atoms with Crippen molar-refractivity contribution in [2.24, 2.45) is 0 Å². The van der Waals surface area contributed by atoms with Gasteiger partial charge in [-0.3, -0.25) is 5.32 Å². The van der Waals surface area contributed by atoms with Crippen LogP contribution in [-0.2, 0) is 14.2 Å². The van der Waals surface area contributed by atoms with Gasteiger partial charge in [0.1, 0.15) is 5.60 Å². The van der Waals surface area contributed by atoms with E-state index in [1.165, 1.54) is 0 Å². The minimum atomic E-state index is -0.515. The van der Waals surface area contributed by atoms with Crippen LogP contribution in [0.2, 0.25) is 0 Å². The van der Waals surface area contributed by atoms with Crippen LogP contribution >= 0.6 is 0 Å². The van der Waals surface area contributed by atoms with Crippen LogP contribution in [0.4, 0.5) is 16.2 Å². The lowest BCUT2D eigenvalue weighted by Gasteiger charge is -2.35. The van der Waals surface area contributed by atoms with E-state index in [4.69, 9.17) is 14.2 Å². The average Bonchev–Trinajstić information content (AvgIpc) is 2.41. The van der Waals surface area contributed by atoms with Gasteiger partial charge in [0.2, 0.25) is 0 Å². The monoisotopic (exact) mass is 322 g/mol. The molecule has 1 fully saturated rings. The number of nitrogens with one attached hydrogen (secondary N) is 2. The van der Waals surface area contributed by atoms with Gasteiger partial charge in [-0.2, -0.15) is 0 Å². The lowest BCUT2D eigenvalue weighted by Crippen LogP contribution is -2.45. The zero-order valence-electron chi connectivity index (χ0n) is 14.4. The summed E-state index contributed by atoms with van der Waals surface area (Å²) in [6.45, 7) is 10.5. The molecule has 0 unspecified atom stereocenters. The zero-order chi connectivity index (χ0) is 17.1. The van der Waals surface area contributed by atoms with Crippen LogP contribution in [0.15, 0.2) is 24.3 Å². The normalized spacial score (nSPS) is 18.3. The topological polar surface area (TPSA) is 68.8 Å². The van der Waals surface area contributed by atoms with Gasteiger partial charge in [0.25, 0.3) is 0 Å². The molecule has 2 N–H and O–H groups in total. The number of rotatable bonds is 3. The molecule has 1 aromatic rings. The highest BCUT2D eigenvalue weighted by Crippen LogP contribution is 2.21. The van der Waals surface area contributed by atoms with E-state index in [0.29, 0.717) is 18.9 Å². The summed E-state index contributed by atoms with van der Waals surface area (Å²) < 4.78 is 16.4. The van der Waals surface area contributed by atoms with Crippen LogP contribution in [0.1, 0.15) is 34.6 Å². The van der Waals surface area contributed by atoms with E-state index in [1.54, 1.807) is 0 Å². The molecule has 0 aromatic heterocycles. The maximum absolute atomic E-state index is 11.7. The molecule has 0 saturated carbocycles.